The van der Waals surface area contributed by atoms with Gasteiger partial charge in [-0.25, -0.2) is 4.39 Å². The molecule has 3 atom stereocenters. The maximum atomic E-state index is 14.8. The summed E-state index contributed by atoms with van der Waals surface area (Å²) in [6.07, 6.45) is 2.94. The van der Waals surface area contributed by atoms with Crippen LogP contribution in [-0.4, -0.2) is 19.4 Å². The second-order valence-electron chi connectivity index (χ2n) is 7.00. The van der Waals surface area contributed by atoms with Crippen LogP contribution >= 0.6 is 0 Å². The molecule has 2 aromatic rings. The van der Waals surface area contributed by atoms with E-state index in [4.69, 9.17) is 9.47 Å². The van der Waals surface area contributed by atoms with Crippen molar-refractivity contribution in [3.05, 3.63) is 58.9 Å². The van der Waals surface area contributed by atoms with Gasteiger partial charge in [-0.3, -0.25) is 0 Å². The number of fused-ring (bicyclic) bond motifs is 5. The van der Waals surface area contributed by atoms with Gasteiger partial charge in [-0.2, -0.15) is 0 Å². The molecule has 2 aliphatic heterocycles. The van der Waals surface area contributed by atoms with Crippen molar-refractivity contribution in [2.24, 2.45) is 5.92 Å². The van der Waals surface area contributed by atoms with Crippen molar-refractivity contribution in [3.8, 4) is 11.5 Å². The van der Waals surface area contributed by atoms with Crippen LogP contribution in [0.3, 0.4) is 0 Å². The molecule has 0 radical (unpaired) electrons. The maximum Gasteiger partial charge on any atom is 0.231 e. The van der Waals surface area contributed by atoms with E-state index in [9.17, 15) is 4.39 Å². The van der Waals surface area contributed by atoms with Gasteiger partial charge >= 0.3 is 0 Å². The molecule has 0 aromatic heterocycles. The number of hydrogen-bond acceptors (Lipinski definition) is 3. The summed E-state index contributed by atoms with van der Waals surface area (Å²) in [6.45, 7) is 1.04. The van der Waals surface area contributed by atoms with Crippen LogP contribution in [0, 0.1) is 11.7 Å². The Morgan fingerprint density at radius 2 is 2.04 bits per heavy atom. The fraction of sp³-hybridized carbons (Fsp3) is 0.400. The van der Waals surface area contributed by atoms with Crippen LogP contribution < -0.4 is 14.8 Å². The minimum absolute atomic E-state index is 0.133. The molecule has 24 heavy (non-hydrogen) atoms. The highest BCUT2D eigenvalue weighted by molar-refractivity contribution is 5.55. The molecule has 3 aliphatic rings. The van der Waals surface area contributed by atoms with Gasteiger partial charge in [0.05, 0.1) is 0 Å². The van der Waals surface area contributed by atoms with E-state index in [1.54, 1.807) is 0 Å². The Bertz CT molecular complexity index is 777. The topological polar surface area (TPSA) is 30.5 Å². The van der Waals surface area contributed by atoms with Crippen LogP contribution in [0.4, 0.5) is 4.39 Å². The van der Waals surface area contributed by atoms with E-state index in [1.165, 1.54) is 11.6 Å². The first kappa shape index (κ1) is 14.3. The van der Waals surface area contributed by atoms with Crippen molar-refractivity contribution >= 4 is 0 Å². The summed E-state index contributed by atoms with van der Waals surface area (Å²) >= 11 is 0. The zero-order chi connectivity index (χ0) is 16.1. The molecule has 1 aliphatic carbocycles. The summed E-state index contributed by atoms with van der Waals surface area (Å²) in [4.78, 5) is 0. The van der Waals surface area contributed by atoms with Crippen molar-refractivity contribution in [1.82, 2.24) is 5.32 Å². The zero-order valence-electron chi connectivity index (χ0n) is 13.4. The van der Waals surface area contributed by atoms with E-state index >= 15 is 0 Å². The van der Waals surface area contributed by atoms with Crippen molar-refractivity contribution in [2.75, 3.05) is 13.3 Å². The van der Waals surface area contributed by atoms with Gasteiger partial charge in [-0.1, -0.05) is 30.3 Å². The van der Waals surface area contributed by atoms with Crippen molar-refractivity contribution < 1.29 is 13.9 Å². The average molecular weight is 325 g/mol. The second-order valence-corrected chi connectivity index (χ2v) is 7.00. The highest BCUT2D eigenvalue weighted by atomic mass is 19.1. The third-order valence-electron chi connectivity index (χ3n) is 5.79. The van der Waals surface area contributed by atoms with Crippen LogP contribution in [0.15, 0.2) is 36.4 Å². The molecule has 0 bridgehead atoms. The van der Waals surface area contributed by atoms with E-state index in [0.717, 1.165) is 42.7 Å². The van der Waals surface area contributed by atoms with Gasteiger partial charge in [0.2, 0.25) is 6.79 Å². The fourth-order valence-corrected chi connectivity index (χ4v) is 4.72. The summed E-state index contributed by atoms with van der Waals surface area (Å²) in [5.74, 6) is 1.92. The lowest BCUT2D eigenvalue weighted by atomic mass is 9.73. The molecule has 1 N–H and O–H groups in total. The predicted molar refractivity (Wildman–Crippen MR) is 89.0 cm³/mol. The number of benzene rings is 2. The van der Waals surface area contributed by atoms with Gasteiger partial charge in [0.25, 0.3) is 0 Å². The molecule has 0 saturated carbocycles. The maximum absolute atomic E-state index is 14.8. The number of halogens is 1. The molecular formula is C20H20FNO2. The quantitative estimate of drug-likeness (QED) is 0.918. The fourth-order valence-electron chi connectivity index (χ4n) is 4.72. The Kier molecular flexibility index (Phi) is 3.27. The van der Waals surface area contributed by atoms with E-state index < -0.39 is 0 Å². The summed E-state index contributed by atoms with van der Waals surface area (Å²) in [6, 6.07) is 12.5. The highest BCUT2D eigenvalue weighted by Gasteiger charge is 2.43. The molecule has 2 heterocycles. The standard InChI is InChI=1S/C20H20FNO2/c21-16-9-18-20(24-11-23-18)14-7-6-13-15(19(14)16)10-22-17(13)8-12-4-2-1-3-5-12/h1-5,9,13,15,17,22H,6-8,10-11H2. The lowest BCUT2D eigenvalue weighted by Gasteiger charge is -2.31. The summed E-state index contributed by atoms with van der Waals surface area (Å²) in [7, 11) is 0. The van der Waals surface area contributed by atoms with Gasteiger partial charge in [-0.05, 0) is 36.3 Å². The Morgan fingerprint density at radius 3 is 2.92 bits per heavy atom. The van der Waals surface area contributed by atoms with Gasteiger partial charge in [0.1, 0.15) is 5.82 Å². The lowest BCUT2D eigenvalue weighted by molar-refractivity contribution is 0.172. The van der Waals surface area contributed by atoms with Crippen molar-refractivity contribution in [3.63, 3.8) is 0 Å². The molecule has 2 aromatic carbocycles. The van der Waals surface area contributed by atoms with Crippen molar-refractivity contribution in [1.29, 1.82) is 0 Å². The van der Waals surface area contributed by atoms with E-state index in [1.807, 2.05) is 6.07 Å². The molecule has 1 fully saturated rings. The van der Waals surface area contributed by atoms with Crippen molar-refractivity contribution in [2.45, 2.75) is 31.2 Å². The normalized spacial score (nSPS) is 27.0. The first-order chi connectivity index (χ1) is 11.8. The number of ether oxygens (including phenoxy) is 2. The van der Waals surface area contributed by atoms with Crippen LogP contribution in [-0.2, 0) is 12.8 Å². The SMILES string of the molecule is Fc1cc2c(c3c1C1CNC(Cc4ccccc4)C1CC3)OCO2. The Balaban J connectivity index is 1.47. The number of rotatable bonds is 2. The van der Waals surface area contributed by atoms with Crippen LogP contribution in [0.1, 0.15) is 29.0 Å². The zero-order valence-corrected chi connectivity index (χ0v) is 13.4. The van der Waals surface area contributed by atoms with Crippen LogP contribution in [0.25, 0.3) is 0 Å². The molecule has 0 spiro atoms. The summed E-state index contributed by atoms with van der Waals surface area (Å²) in [5, 5.41) is 3.64. The average Bonchev–Trinajstić information content (AvgIpc) is 3.22. The third-order valence-corrected chi connectivity index (χ3v) is 5.79. The molecule has 0 amide bonds. The third kappa shape index (κ3) is 2.13. The van der Waals surface area contributed by atoms with Crippen LogP contribution in [0.5, 0.6) is 11.5 Å². The molecule has 4 heteroatoms. The largest absolute Gasteiger partial charge is 0.453 e. The predicted octanol–water partition coefficient (Wildman–Crippen LogP) is 3.41. The number of hydrogen-bond donors (Lipinski definition) is 1. The first-order valence-electron chi connectivity index (χ1n) is 8.69. The first-order valence-corrected chi connectivity index (χ1v) is 8.69. The van der Waals surface area contributed by atoms with E-state index in [-0.39, 0.29) is 18.5 Å². The highest BCUT2D eigenvalue weighted by Crippen LogP contribution is 2.49. The molecule has 3 unspecified atom stereocenters. The minimum atomic E-state index is -0.133. The number of nitrogens with one attached hydrogen (secondary N) is 1. The Hall–Kier alpha value is -2.07. The summed E-state index contributed by atoms with van der Waals surface area (Å²) < 4.78 is 25.7. The summed E-state index contributed by atoms with van der Waals surface area (Å²) in [5.41, 5.74) is 3.23. The molecule has 3 nitrogen and oxygen atoms in total. The molecule has 1 saturated heterocycles. The van der Waals surface area contributed by atoms with Gasteiger partial charge in [0, 0.05) is 30.1 Å². The lowest BCUT2D eigenvalue weighted by Crippen LogP contribution is -2.31. The van der Waals surface area contributed by atoms with E-state index in [2.05, 4.69) is 29.6 Å². The van der Waals surface area contributed by atoms with Gasteiger partial charge < -0.3 is 14.8 Å². The second kappa shape index (κ2) is 5.49. The molecular weight excluding hydrogens is 305 g/mol. The smallest absolute Gasteiger partial charge is 0.231 e. The minimum Gasteiger partial charge on any atom is -0.453 e. The van der Waals surface area contributed by atoms with E-state index in [0.29, 0.717) is 17.7 Å². The molecule has 124 valence electrons. The van der Waals surface area contributed by atoms with Gasteiger partial charge in [0.15, 0.2) is 11.5 Å². The Morgan fingerprint density at radius 1 is 1.17 bits per heavy atom. The van der Waals surface area contributed by atoms with Gasteiger partial charge in [-0.15, -0.1) is 0 Å². The molecule has 5 rings (SSSR count). The van der Waals surface area contributed by atoms with Crippen LogP contribution in [0.2, 0.25) is 0 Å². The monoisotopic (exact) mass is 325 g/mol. The Labute approximate surface area is 140 Å².